The molecule has 0 spiro atoms. The highest BCUT2D eigenvalue weighted by Crippen LogP contribution is 2.36. The summed E-state index contributed by atoms with van der Waals surface area (Å²) in [6.45, 7) is -0.428. The Morgan fingerprint density at radius 3 is 2.41 bits per heavy atom. The molecular weight excluding hydrogens is 426 g/mol. The van der Waals surface area contributed by atoms with Gasteiger partial charge in [0.15, 0.2) is 6.61 Å². The van der Waals surface area contributed by atoms with E-state index in [-0.39, 0.29) is 10.9 Å². The molecule has 0 saturated heterocycles. The van der Waals surface area contributed by atoms with Gasteiger partial charge in [-0.05, 0) is 66.1 Å². The first-order chi connectivity index (χ1) is 15.4. The molecule has 3 aromatic rings. The van der Waals surface area contributed by atoms with Gasteiger partial charge in [0.2, 0.25) is 10.0 Å². The second-order valence-electron chi connectivity index (χ2n) is 7.88. The number of carboxylic acids is 1. The first-order valence-electron chi connectivity index (χ1n) is 10.5. The number of nitrogens with one attached hydrogen (secondary N) is 1. The number of aliphatic carboxylic acids is 1. The smallest absolute Gasteiger partial charge is 0.341 e. The van der Waals surface area contributed by atoms with Gasteiger partial charge in [0.25, 0.3) is 0 Å². The number of carbonyl (C=O) groups is 1. The van der Waals surface area contributed by atoms with Crippen LogP contribution in [0.5, 0.6) is 5.75 Å². The van der Waals surface area contributed by atoms with E-state index in [9.17, 15) is 13.2 Å². The molecule has 3 aromatic carbocycles. The highest BCUT2D eigenvalue weighted by molar-refractivity contribution is 7.89. The van der Waals surface area contributed by atoms with E-state index in [0.29, 0.717) is 12.2 Å². The Morgan fingerprint density at radius 2 is 1.69 bits per heavy atom. The zero-order valence-corrected chi connectivity index (χ0v) is 18.3. The Bertz CT molecular complexity index is 1190. The van der Waals surface area contributed by atoms with Crippen molar-refractivity contribution < 1.29 is 23.1 Å². The summed E-state index contributed by atoms with van der Waals surface area (Å²) >= 11 is 0. The Kier molecular flexibility index (Phi) is 6.58. The molecule has 2 N–H and O–H groups in total. The monoisotopic (exact) mass is 451 g/mol. The van der Waals surface area contributed by atoms with Crippen molar-refractivity contribution >= 4 is 16.0 Å². The topological polar surface area (TPSA) is 92.7 Å². The van der Waals surface area contributed by atoms with Crippen molar-refractivity contribution in [2.45, 2.75) is 36.6 Å². The van der Waals surface area contributed by atoms with Gasteiger partial charge < -0.3 is 9.84 Å². The number of sulfonamides is 1. The molecule has 32 heavy (non-hydrogen) atoms. The number of ether oxygens (including phenoxy) is 1. The SMILES string of the molecule is O=C(O)COc1cccc2c1CCCC2NS(=O)(=O)c1ccc(Cc2ccccc2)cc1. The summed E-state index contributed by atoms with van der Waals surface area (Å²) in [5.41, 5.74) is 3.91. The number of hydrogen-bond donors (Lipinski definition) is 2. The van der Waals surface area contributed by atoms with Crippen molar-refractivity contribution in [1.29, 1.82) is 0 Å². The number of carboxylic acid groups (broad SMARTS) is 1. The maximum Gasteiger partial charge on any atom is 0.341 e. The quantitative estimate of drug-likeness (QED) is 0.538. The number of rotatable bonds is 8. The van der Waals surface area contributed by atoms with Crippen molar-refractivity contribution in [3.63, 3.8) is 0 Å². The van der Waals surface area contributed by atoms with Crippen LogP contribution in [0.4, 0.5) is 0 Å². The van der Waals surface area contributed by atoms with Crippen molar-refractivity contribution in [2.75, 3.05) is 6.61 Å². The first kappa shape index (κ1) is 22.0. The predicted molar refractivity (Wildman–Crippen MR) is 121 cm³/mol. The lowest BCUT2D eigenvalue weighted by Gasteiger charge is -2.27. The van der Waals surface area contributed by atoms with E-state index in [1.165, 1.54) is 5.56 Å². The Balaban J connectivity index is 1.51. The van der Waals surface area contributed by atoms with Crippen molar-refractivity contribution in [3.05, 3.63) is 95.1 Å². The van der Waals surface area contributed by atoms with E-state index in [1.807, 2.05) is 48.5 Å². The van der Waals surface area contributed by atoms with Crippen LogP contribution < -0.4 is 9.46 Å². The number of benzene rings is 3. The zero-order chi connectivity index (χ0) is 22.6. The molecule has 7 heteroatoms. The molecule has 0 aromatic heterocycles. The molecule has 0 amide bonds. The fraction of sp³-hybridized carbons (Fsp3) is 0.240. The third-order valence-electron chi connectivity index (χ3n) is 5.60. The Morgan fingerprint density at radius 1 is 0.969 bits per heavy atom. The van der Waals surface area contributed by atoms with Gasteiger partial charge in [0.1, 0.15) is 5.75 Å². The van der Waals surface area contributed by atoms with Crippen LogP contribution in [-0.2, 0) is 27.7 Å². The summed E-state index contributed by atoms with van der Waals surface area (Å²) in [6, 6.07) is 22.0. The molecule has 0 heterocycles. The maximum absolute atomic E-state index is 13.1. The molecule has 1 atom stereocenters. The first-order valence-corrected chi connectivity index (χ1v) is 12.0. The molecule has 1 unspecified atom stereocenters. The lowest BCUT2D eigenvalue weighted by molar-refractivity contribution is -0.139. The molecule has 0 saturated carbocycles. The molecule has 166 valence electrons. The van der Waals surface area contributed by atoms with Gasteiger partial charge in [-0.25, -0.2) is 17.9 Å². The standard InChI is InChI=1S/C25H25NO5S/c27-25(28)17-31-24-11-5-8-21-22(24)9-4-10-23(21)26-32(29,30)20-14-12-19(13-15-20)16-18-6-2-1-3-7-18/h1-3,5-8,11-15,23,26H,4,9-10,16-17H2,(H,27,28). The fourth-order valence-electron chi connectivity index (χ4n) is 4.09. The van der Waals surface area contributed by atoms with Gasteiger partial charge in [-0.2, -0.15) is 0 Å². The second kappa shape index (κ2) is 9.54. The van der Waals surface area contributed by atoms with Gasteiger partial charge in [-0.15, -0.1) is 0 Å². The van der Waals surface area contributed by atoms with Crippen LogP contribution in [0, 0.1) is 0 Å². The third-order valence-corrected chi connectivity index (χ3v) is 7.09. The van der Waals surface area contributed by atoms with E-state index in [1.54, 1.807) is 24.3 Å². The highest BCUT2D eigenvalue weighted by atomic mass is 32.2. The molecule has 0 radical (unpaired) electrons. The van der Waals surface area contributed by atoms with Gasteiger partial charge in [-0.1, -0.05) is 54.6 Å². The fourth-order valence-corrected chi connectivity index (χ4v) is 5.34. The molecule has 0 fully saturated rings. The predicted octanol–water partition coefficient (Wildman–Crippen LogP) is 4.10. The molecule has 4 rings (SSSR count). The van der Waals surface area contributed by atoms with E-state index in [2.05, 4.69) is 4.72 Å². The molecule has 0 bridgehead atoms. The summed E-state index contributed by atoms with van der Waals surface area (Å²) in [5, 5.41) is 8.90. The summed E-state index contributed by atoms with van der Waals surface area (Å²) in [5.74, 6) is -0.551. The van der Waals surface area contributed by atoms with Gasteiger partial charge >= 0.3 is 5.97 Å². The van der Waals surface area contributed by atoms with Crippen molar-refractivity contribution in [2.24, 2.45) is 0 Å². The number of fused-ring (bicyclic) bond motifs is 1. The van der Waals surface area contributed by atoms with Crippen LogP contribution in [0.3, 0.4) is 0 Å². The van der Waals surface area contributed by atoms with Crippen LogP contribution >= 0.6 is 0 Å². The van der Waals surface area contributed by atoms with Crippen LogP contribution in [0.25, 0.3) is 0 Å². The zero-order valence-electron chi connectivity index (χ0n) is 17.5. The van der Waals surface area contributed by atoms with Gasteiger partial charge in [0.05, 0.1) is 4.90 Å². The molecule has 0 aliphatic heterocycles. The average molecular weight is 452 g/mol. The van der Waals surface area contributed by atoms with E-state index < -0.39 is 22.6 Å². The Labute approximate surface area is 187 Å². The van der Waals surface area contributed by atoms with Crippen LogP contribution in [0.1, 0.15) is 41.1 Å². The van der Waals surface area contributed by atoms with Crippen LogP contribution in [-0.4, -0.2) is 26.1 Å². The summed E-state index contributed by atoms with van der Waals surface area (Å²) in [4.78, 5) is 11.1. The molecular formula is C25H25NO5S. The van der Waals surface area contributed by atoms with Crippen molar-refractivity contribution in [3.8, 4) is 5.75 Å². The summed E-state index contributed by atoms with van der Waals surface area (Å²) in [6.07, 6.45) is 2.91. The molecule has 1 aliphatic rings. The van der Waals surface area contributed by atoms with Crippen molar-refractivity contribution in [1.82, 2.24) is 4.72 Å². The maximum atomic E-state index is 13.1. The number of hydrogen-bond acceptors (Lipinski definition) is 4. The van der Waals surface area contributed by atoms with E-state index in [4.69, 9.17) is 9.84 Å². The second-order valence-corrected chi connectivity index (χ2v) is 9.59. The minimum Gasteiger partial charge on any atom is -0.482 e. The lowest BCUT2D eigenvalue weighted by atomic mass is 9.87. The molecule has 1 aliphatic carbocycles. The largest absolute Gasteiger partial charge is 0.482 e. The van der Waals surface area contributed by atoms with E-state index >= 15 is 0 Å². The lowest BCUT2D eigenvalue weighted by Crippen LogP contribution is -2.31. The van der Waals surface area contributed by atoms with Gasteiger partial charge in [-0.3, -0.25) is 0 Å². The van der Waals surface area contributed by atoms with Crippen LogP contribution in [0.15, 0.2) is 77.7 Å². The normalized spacial score (nSPS) is 15.7. The summed E-state index contributed by atoms with van der Waals surface area (Å²) < 4.78 is 34.4. The Hall–Kier alpha value is -3.16. The average Bonchev–Trinajstić information content (AvgIpc) is 2.79. The summed E-state index contributed by atoms with van der Waals surface area (Å²) in [7, 11) is -3.72. The third kappa shape index (κ3) is 5.18. The minimum absolute atomic E-state index is 0.222. The minimum atomic E-state index is -3.72. The highest BCUT2D eigenvalue weighted by Gasteiger charge is 2.27. The van der Waals surface area contributed by atoms with Gasteiger partial charge in [0, 0.05) is 6.04 Å². The molecule has 6 nitrogen and oxygen atoms in total. The van der Waals surface area contributed by atoms with E-state index in [0.717, 1.165) is 36.0 Å². The van der Waals surface area contributed by atoms with Crippen LogP contribution in [0.2, 0.25) is 0 Å².